The second-order valence-corrected chi connectivity index (χ2v) is 8.57. The monoisotopic (exact) mass is 430 g/mol. The lowest BCUT2D eigenvalue weighted by atomic mass is 9.96. The molecular formula is C22H26N2O3S2. The highest BCUT2D eigenvalue weighted by molar-refractivity contribution is 7.80. The number of ketones is 1. The molecule has 2 N–H and O–H groups in total. The van der Waals surface area contributed by atoms with Crippen LogP contribution in [0.5, 0.6) is 0 Å². The molecule has 1 aliphatic rings. The Labute approximate surface area is 180 Å². The third-order valence-electron chi connectivity index (χ3n) is 4.90. The van der Waals surface area contributed by atoms with Gasteiger partial charge in [-0.2, -0.15) is 0 Å². The molecule has 0 bridgehead atoms. The van der Waals surface area contributed by atoms with E-state index in [1.54, 1.807) is 23.5 Å². The van der Waals surface area contributed by atoms with Crippen LogP contribution in [-0.2, 0) is 17.6 Å². The Balaban J connectivity index is 1.84. The number of carbonyl (C=O) groups excluding carboxylic acids is 2. The lowest BCUT2D eigenvalue weighted by molar-refractivity contribution is 0.0526. The largest absolute Gasteiger partial charge is 0.462 e. The normalized spacial score (nSPS) is 13.6. The number of nitrogens with one attached hydrogen (secondary N) is 2. The maximum absolute atomic E-state index is 12.7. The maximum atomic E-state index is 12.7. The summed E-state index contributed by atoms with van der Waals surface area (Å²) in [6, 6.07) is 7.18. The highest BCUT2D eigenvalue weighted by atomic mass is 32.1. The Hall–Kier alpha value is -2.25. The number of rotatable bonds is 5. The SMILES string of the molecule is CCOC(=O)c1c(NC(=S)Nc2cccc(C(C)=O)c2)sc2c1CCCCCC2. The van der Waals surface area contributed by atoms with Crippen LogP contribution >= 0.6 is 23.6 Å². The molecule has 1 heterocycles. The van der Waals surface area contributed by atoms with Crippen LogP contribution in [0.15, 0.2) is 24.3 Å². The lowest BCUT2D eigenvalue weighted by Gasteiger charge is -2.13. The molecule has 0 unspecified atom stereocenters. The van der Waals surface area contributed by atoms with E-state index in [1.165, 1.54) is 24.6 Å². The topological polar surface area (TPSA) is 67.4 Å². The van der Waals surface area contributed by atoms with E-state index in [-0.39, 0.29) is 11.8 Å². The van der Waals surface area contributed by atoms with Crippen molar-refractivity contribution in [1.82, 2.24) is 0 Å². The molecule has 0 radical (unpaired) electrons. The van der Waals surface area contributed by atoms with Gasteiger partial charge < -0.3 is 15.4 Å². The molecule has 1 aliphatic carbocycles. The number of thiocarbonyl (C=S) groups is 1. The summed E-state index contributed by atoms with van der Waals surface area (Å²) in [6.45, 7) is 3.68. The van der Waals surface area contributed by atoms with Gasteiger partial charge in [-0.05, 0) is 69.4 Å². The fourth-order valence-corrected chi connectivity index (χ4v) is 5.07. The summed E-state index contributed by atoms with van der Waals surface area (Å²) in [5.74, 6) is -0.301. The maximum Gasteiger partial charge on any atom is 0.341 e. The molecule has 1 aromatic heterocycles. The molecule has 0 saturated heterocycles. The van der Waals surface area contributed by atoms with Gasteiger partial charge in [-0.15, -0.1) is 11.3 Å². The van der Waals surface area contributed by atoms with E-state index < -0.39 is 0 Å². The summed E-state index contributed by atoms with van der Waals surface area (Å²) in [4.78, 5) is 25.5. The number of benzene rings is 1. The molecule has 5 nitrogen and oxygen atoms in total. The molecule has 0 aliphatic heterocycles. The van der Waals surface area contributed by atoms with Gasteiger partial charge >= 0.3 is 5.97 Å². The molecule has 29 heavy (non-hydrogen) atoms. The first-order chi connectivity index (χ1) is 14.0. The molecule has 0 fully saturated rings. The smallest absolute Gasteiger partial charge is 0.341 e. The first kappa shape index (κ1) is 21.5. The second kappa shape index (κ2) is 9.98. The van der Waals surface area contributed by atoms with Gasteiger partial charge in [0.25, 0.3) is 0 Å². The zero-order valence-corrected chi connectivity index (χ0v) is 18.4. The molecule has 3 rings (SSSR count). The predicted molar refractivity (Wildman–Crippen MR) is 122 cm³/mol. The Morgan fingerprint density at radius 1 is 1.14 bits per heavy atom. The Morgan fingerprint density at radius 3 is 2.62 bits per heavy atom. The predicted octanol–water partition coefficient (Wildman–Crippen LogP) is 5.60. The summed E-state index contributed by atoms with van der Waals surface area (Å²) < 4.78 is 5.33. The third kappa shape index (κ3) is 5.42. The number of esters is 1. The minimum absolute atomic E-state index is 0.00446. The van der Waals surface area contributed by atoms with Crippen molar-refractivity contribution in [2.45, 2.75) is 52.4 Å². The van der Waals surface area contributed by atoms with Crippen molar-refractivity contribution in [3.8, 4) is 0 Å². The van der Waals surface area contributed by atoms with Crippen molar-refractivity contribution in [1.29, 1.82) is 0 Å². The fourth-order valence-electron chi connectivity index (χ4n) is 3.51. The van der Waals surface area contributed by atoms with Gasteiger partial charge in [-0.25, -0.2) is 4.79 Å². The fraction of sp³-hybridized carbons (Fsp3) is 0.409. The molecular weight excluding hydrogens is 404 g/mol. The number of hydrogen-bond donors (Lipinski definition) is 2. The van der Waals surface area contributed by atoms with Crippen molar-refractivity contribution in [3.63, 3.8) is 0 Å². The van der Waals surface area contributed by atoms with E-state index in [1.807, 2.05) is 19.1 Å². The van der Waals surface area contributed by atoms with Crippen molar-refractivity contribution < 1.29 is 14.3 Å². The number of thiophene rings is 1. The van der Waals surface area contributed by atoms with Gasteiger partial charge in [0.05, 0.1) is 12.2 Å². The van der Waals surface area contributed by atoms with Crippen LogP contribution in [-0.4, -0.2) is 23.5 Å². The Kier molecular flexibility index (Phi) is 7.39. The van der Waals surface area contributed by atoms with E-state index in [9.17, 15) is 9.59 Å². The van der Waals surface area contributed by atoms with Crippen LogP contribution in [0.2, 0.25) is 0 Å². The summed E-state index contributed by atoms with van der Waals surface area (Å²) in [7, 11) is 0. The van der Waals surface area contributed by atoms with Gasteiger partial charge in [-0.1, -0.05) is 25.0 Å². The highest BCUT2D eigenvalue weighted by Gasteiger charge is 2.25. The van der Waals surface area contributed by atoms with Gasteiger partial charge in [0, 0.05) is 16.1 Å². The number of ether oxygens (including phenoxy) is 1. The van der Waals surface area contributed by atoms with Gasteiger partial charge in [0.1, 0.15) is 5.00 Å². The average molecular weight is 431 g/mol. The molecule has 2 aromatic rings. The number of hydrogen-bond acceptors (Lipinski definition) is 5. The summed E-state index contributed by atoms with van der Waals surface area (Å²) in [5, 5.41) is 7.42. The molecule has 0 atom stereocenters. The number of anilines is 2. The zero-order valence-electron chi connectivity index (χ0n) is 16.8. The zero-order chi connectivity index (χ0) is 20.8. The summed E-state index contributed by atoms with van der Waals surface area (Å²) in [5.41, 5.74) is 3.07. The van der Waals surface area contributed by atoms with E-state index >= 15 is 0 Å². The van der Waals surface area contributed by atoms with Crippen LogP contribution in [0.4, 0.5) is 10.7 Å². The molecule has 0 amide bonds. The minimum atomic E-state index is -0.297. The van der Waals surface area contributed by atoms with E-state index in [0.717, 1.165) is 41.9 Å². The molecule has 154 valence electrons. The first-order valence-electron chi connectivity index (χ1n) is 10.00. The van der Waals surface area contributed by atoms with Gasteiger partial charge in [0.15, 0.2) is 10.9 Å². The van der Waals surface area contributed by atoms with E-state index in [2.05, 4.69) is 10.6 Å². The van der Waals surface area contributed by atoms with Gasteiger partial charge in [-0.3, -0.25) is 4.79 Å². The van der Waals surface area contributed by atoms with Crippen LogP contribution in [0, 0.1) is 0 Å². The van der Waals surface area contributed by atoms with Crippen LogP contribution in [0.25, 0.3) is 0 Å². The molecule has 7 heteroatoms. The number of fused-ring (bicyclic) bond motifs is 1. The average Bonchev–Trinajstić information content (AvgIpc) is 2.98. The van der Waals surface area contributed by atoms with Crippen molar-refractivity contribution in [2.75, 3.05) is 17.2 Å². The molecule has 0 spiro atoms. The standard InChI is InChI=1S/C22H26N2O3S2/c1-3-27-21(26)19-17-11-6-4-5-7-12-18(17)29-20(19)24-22(28)23-16-10-8-9-15(13-16)14(2)25/h8-10,13H,3-7,11-12H2,1-2H3,(H2,23,24,28). The van der Waals surface area contributed by atoms with E-state index in [0.29, 0.717) is 22.8 Å². The minimum Gasteiger partial charge on any atom is -0.462 e. The van der Waals surface area contributed by atoms with Crippen LogP contribution < -0.4 is 10.6 Å². The van der Waals surface area contributed by atoms with Crippen LogP contribution in [0.3, 0.4) is 0 Å². The third-order valence-corrected chi connectivity index (χ3v) is 6.32. The molecule has 0 saturated carbocycles. The quantitative estimate of drug-likeness (QED) is 0.366. The lowest BCUT2D eigenvalue weighted by Crippen LogP contribution is -2.20. The number of Topliss-reactive ketones (excluding diaryl/α,β-unsaturated/α-hetero) is 1. The number of carbonyl (C=O) groups is 2. The Bertz CT molecular complexity index is 921. The molecule has 1 aromatic carbocycles. The van der Waals surface area contributed by atoms with E-state index in [4.69, 9.17) is 17.0 Å². The van der Waals surface area contributed by atoms with Crippen molar-refractivity contribution in [3.05, 3.63) is 45.8 Å². The number of aryl methyl sites for hydroxylation is 1. The summed E-state index contributed by atoms with van der Waals surface area (Å²) >= 11 is 7.07. The Morgan fingerprint density at radius 2 is 1.90 bits per heavy atom. The van der Waals surface area contributed by atoms with Crippen molar-refractivity contribution >= 4 is 51.1 Å². The first-order valence-corrected chi connectivity index (χ1v) is 11.2. The van der Waals surface area contributed by atoms with Gasteiger partial charge in [0.2, 0.25) is 0 Å². The summed E-state index contributed by atoms with van der Waals surface area (Å²) in [6.07, 6.45) is 6.50. The second-order valence-electron chi connectivity index (χ2n) is 7.06. The van der Waals surface area contributed by atoms with Crippen molar-refractivity contribution in [2.24, 2.45) is 0 Å². The highest BCUT2D eigenvalue weighted by Crippen LogP contribution is 2.37. The van der Waals surface area contributed by atoms with Crippen LogP contribution in [0.1, 0.15) is 70.7 Å².